The van der Waals surface area contributed by atoms with Crippen LogP contribution in [0.5, 0.6) is 0 Å². The molecule has 1 atom stereocenters. The van der Waals surface area contributed by atoms with E-state index in [1.165, 1.54) is 16.2 Å². The molecule has 0 aliphatic carbocycles. The van der Waals surface area contributed by atoms with Gasteiger partial charge < -0.3 is 5.73 Å². The lowest BCUT2D eigenvalue weighted by Crippen LogP contribution is -2.33. The van der Waals surface area contributed by atoms with Crippen molar-refractivity contribution in [1.29, 1.82) is 0 Å². The molecule has 68 valence electrons. The molecule has 2 N–H and O–H groups in total. The molecule has 6 heteroatoms. The molecule has 0 saturated carbocycles. The highest BCUT2D eigenvalue weighted by Gasteiger charge is 2.32. The van der Waals surface area contributed by atoms with Crippen molar-refractivity contribution < 1.29 is 4.79 Å². The second kappa shape index (κ2) is 2.81. The van der Waals surface area contributed by atoms with Crippen molar-refractivity contribution >= 4 is 23.2 Å². The van der Waals surface area contributed by atoms with Crippen molar-refractivity contribution in [1.82, 2.24) is 9.88 Å². The van der Waals surface area contributed by atoms with Gasteiger partial charge in [0.1, 0.15) is 0 Å². The second-order valence-corrected chi connectivity index (χ2v) is 3.61. The van der Waals surface area contributed by atoms with E-state index in [4.69, 9.17) is 5.73 Å². The van der Waals surface area contributed by atoms with Crippen LogP contribution in [0, 0.1) is 0 Å². The Hall–Kier alpha value is -1.43. The van der Waals surface area contributed by atoms with Crippen molar-refractivity contribution in [3.63, 3.8) is 0 Å². The zero-order chi connectivity index (χ0) is 9.42. The first-order valence-corrected chi connectivity index (χ1v) is 4.57. The molecule has 1 aromatic heterocycles. The first kappa shape index (κ1) is 8.18. The molecule has 1 aliphatic rings. The Kier molecular flexibility index (Phi) is 1.77. The number of rotatable bonds is 1. The van der Waals surface area contributed by atoms with Crippen LogP contribution in [-0.2, 0) is 4.79 Å². The Morgan fingerprint density at radius 1 is 1.69 bits per heavy atom. The lowest BCUT2D eigenvalue weighted by atomic mass is 10.2. The Morgan fingerprint density at radius 3 is 2.92 bits per heavy atom. The largest absolute Gasteiger partial charge is 0.369 e. The number of hydrogen-bond acceptors (Lipinski definition) is 5. The highest BCUT2D eigenvalue weighted by Crippen LogP contribution is 2.26. The number of hydrogen-bond donors (Lipinski definition) is 1. The molecule has 5 nitrogen and oxygen atoms in total. The third-order valence-electron chi connectivity index (χ3n) is 1.89. The van der Waals surface area contributed by atoms with Gasteiger partial charge in [-0.05, 0) is 0 Å². The highest BCUT2D eigenvalue weighted by molar-refractivity contribution is 7.09. The molecule has 0 saturated heterocycles. The van der Waals surface area contributed by atoms with Gasteiger partial charge in [-0.2, -0.15) is 0 Å². The summed E-state index contributed by atoms with van der Waals surface area (Å²) in [5, 5.41) is 0. The van der Waals surface area contributed by atoms with Crippen LogP contribution in [0.4, 0.5) is 0 Å². The van der Waals surface area contributed by atoms with E-state index in [1.54, 1.807) is 18.8 Å². The van der Waals surface area contributed by atoms with Gasteiger partial charge in [-0.1, -0.05) is 0 Å². The number of carbonyl (C=O) groups excluding carboxylic acids is 1. The van der Waals surface area contributed by atoms with Gasteiger partial charge in [0.2, 0.25) is 0 Å². The zero-order valence-corrected chi connectivity index (χ0v) is 7.78. The minimum Gasteiger partial charge on any atom is -0.369 e. The van der Waals surface area contributed by atoms with Gasteiger partial charge in [0, 0.05) is 13.2 Å². The molecule has 2 heterocycles. The lowest BCUT2D eigenvalue weighted by molar-refractivity contribution is -0.126. The maximum absolute atomic E-state index is 11.5. The normalized spacial score (nSPS) is 22.2. The molecule has 0 radical (unpaired) electrons. The number of nitrogens with two attached hydrogens (primary N) is 1. The Balaban J connectivity index is 2.33. The zero-order valence-electron chi connectivity index (χ0n) is 6.97. The third-order valence-corrected chi connectivity index (χ3v) is 2.72. The number of likely N-dealkylation sites (N-methyl/N-ethyl adjacent to an activating group) is 1. The first-order valence-electron chi connectivity index (χ1n) is 3.69. The predicted molar refractivity (Wildman–Crippen MR) is 49.2 cm³/mol. The summed E-state index contributed by atoms with van der Waals surface area (Å²) < 4.78 is 0. The van der Waals surface area contributed by atoms with E-state index in [2.05, 4.69) is 9.98 Å². The van der Waals surface area contributed by atoms with E-state index < -0.39 is 6.04 Å². The van der Waals surface area contributed by atoms with Crippen LogP contribution in [0.2, 0.25) is 0 Å². The van der Waals surface area contributed by atoms with Gasteiger partial charge >= 0.3 is 0 Å². The van der Waals surface area contributed by atoms with Crippen LogP contribution in [0.15, 0.2) is 16.7 Å². The molecular weight excluding hydrogens is 188 g/mol. The molecule has 2 rings (SSSR count). The monoisotopic (exact) mass is 196 g/mol. The van der Waals surface area contributed by atoms with Crippen molar-refractivity contribution in [2.24, 2.45) is 10.7 Å². The van der Waals surface area contributed by atoms with Gasteiger partial charge in [0.05, 0.1) is 10.4 Å². The lowest BCUT2D eigenvalue weighted by Gasteiger charge is -2.07. The van der Waals surface area contributed by atoms with Gasteiger partial charge in [-0.3, -0.25) is 14.7 Å². The molecule has 1 aromatic rings. The van der Waals surface area contributed by atoms with E-state index in [0.717, 1.165) is 4.88 Å². The number of aromatic nitrogens is 1. The van der Waals surface area contributed by atoms with Crippen molar-refractivity contribution in [2.75, 3.05) is 7.05 Å². The minimum atomic E-state index is -0.475. The van der Waals surface area contributed by atoms with Crippen molar-refractivity contribution in [3.8, 4) is 0 Å². The van der Waals surface area contributed by atoms with Gasteiger partial charge in [-0.25, -0.2) is 4.99 Å². The SMILES string of the molecule is CN1C(=O)C(c2cncs2)N=C1N. The summed E-state index contributed by atoms with van der Waals surface area (Å²) in [6.45, 7) is 0. The predicted octanol–water partition coefficient (Wildman–Crippen LogP) is -0.0291. The van der Waals surface area contributed by atoms with Crippen LogP contribution in [0.25, 0.3) is 0 Å². The smallest absolute Gasteiger partial charge is 0.259 e. The van der Waals surface area contributed by atoms with Crippen LogP contribution in [-0.4, -0.2) is 28.8 Å². The quantitative estimate of drug-likeness (QED) is 0.685. The molecule has 13 heavy (non-hydrogen) atoms. The summed E-state index contributed by atoms with van der Waals surface area (Å²) in [6.07, 6.45) is 1.64. The van der Waals surface area contributed by atoms with Crippen LogP contribution < -0.4 is 5.73 Å². The summed E-state index contributed by atoms with van der Waals surface area (Å²) in [4.78, 5) is 21.6. The molecule has 0 fully saturated rings. The molecule has 0 bridgehead atoms. The molecule has 1 unspecified atom stereocenters. The number of guanidine groups is 1. The van der Waals surface area contributed by atoms with E-state index in [0.29, 0.717) is 0 Å². The number of amides is 1. The standard InChI is InChI=1S/C7H8N4OS/c1-11-6(12)5(10-7(11)8)4-2-9-3-13-4/h2-3,5H,1H3,(H2,8,10). The second-order valence-electron chi connectivity index (χ2n) is 2.69. The number of carbonyl (C=O) groups is 1. The highest BCUT2D eigenvalue weighted by atomic mass is 32.1. The topological polar surface area (TPSA) is 71.6 Å². The van der Waals surface area contributed by atoms with Crippen LogP contribution in [0.1, 0.15) is 10.9 Å². The van der Waals surface area contributed by atoms with Gasteiger partial charge in [-0.15, -0.1) is 11.3 Å². The molecular formula is C7H8N4OS. The summed E-state index contributed by atoms with van der Waals surface area (Å²) in [5.41, 5.74) is 7.18. The maximum atomic E-state index is 11.5. The molecule has 1 aliphatic heterocycles. The third kappa shape index (κ3) is 1.19. The minimum absolute atomic E-state index is 0.0956. The number of nitrogens with zero attached hydrogens (tertiary/aromatic N) is 3. The number of thiazole rings is 1. The van der Waals surface area contributed by atoms with E-state index >= 15 is 0 Å². The number of aliphatic imine (C=N–C) groups is 1. The Morgan fingerprint density at radius 2 is 2.46 bits per heavy atom. The summed E-state index contributed by atoms with van der Waals surface area (Å²) in [5.74, 6) is 0.171. The van der Waals surface area contributed by atoms with Crippen molar-refractivity contribution in [3.05, 3.63) is 16.6 Å². The summed E-state index contributed by atoms with van der Waals surface area (Å²) >= 11 is 1.41. The fourth-order valence-electron chi connectivity index (χ4n) is 1.12. The van der Waals surface area contributed by atoms with E-state index in [1.807, 2.05) is 0 Å². The molecule has 1 amide bonds. The fraction of sp³-hybridized carbons (Fsp3) is 0.286. The summed E-state index contributed by atoms with van der Waals surface area (Å²) in [7, 11) is 1.61. The van der Waals surface area contributed by atoms with Crippen LogP contribution in [0.3, 0.4) is 0 Å². The molecule has 0 aromatic carbocycles. The summed E-state index contributed by atoms with van der Waals surface area (Å²) in [6, 6.07) is -0.475. The molecule has 0 spiro atoms. The Bertz CT molecular complexity index is 359. The van der Waals surface area contributed by atoms with E-state index in [9.17, 15) is 4.79 Å². The van der Waals surface area contributed by atoms with Crippen molar-refractivity contribution in [2.45, 2.75) is 6.04 Å². The van der Waals surface area contributed by atoms with Gasteiger partial charge in [0.25, 0.3) is 5.91 Å². The average Bonchev–Trinajstić information content (AvgIpc) is 2.70. The first-order chi connectivity index (χ1) is 6.20. The van der Waals surface area contributed by atoms with Crippen LogP contribution >= 0.6 is 11.3 Å². The average molecular weight is 196 g/mol. The Labute approximate surface area is 78.9 Å². The van der Waals surface area contributed by atoms with Gasteiger partial charge in [0.15, 0.2) is 12.0 Å². The maximum Gasteiger partial charge on any atom is 0.259 e. The fourth-order valence-corrected chi connectivity index (χ4v) is 1.76. The van der Waals surface area contributed by atoms with E-state index in [-0.39, 0.29) is 11.9 Å².